The van der Waals surface area contributed by atoms with Crippen LogP contribution in [0.25, 0.3) is 33.1 Å². The molecule has 1 aromatic carbocycles. The van der Waals surface area contributed by atoms with Crippen molar-refractivity contribution in [1.82, 2.24) is 29.9 Å². The smallest absolute Gasteiger partial charge is 0.142 e. The van der Waals surface area contributed by atoms with E-state index in [1.165, 1.54) is 18.5 Å². The number of aromatic amines is 1. The van der Waals surface area contributed by atoms with E-state index >= 15 is 0 Å². The van der Waals surface area contributed by atoms with Crippen LogP contribution in [0.15, 0.2) is 22.7 Å². The minimum Gasteiger partial charge on any atom is -0.496 e. The van der Waals surface area contributed by atoms with Crippen molar-refractivity contribution in [3.63, 3.8) is 0 Å². The van der Waals surface area contributed by atoms with Crippen molar-refractivity contribution < 1.29 is 9.26 Å². The van der Waals surface area contributed by atoms with Gasteiger partial charge in [0.05, 0.1) is 35.8 Å². The minimum absolute atomic E-state index is 0.390. The Kier molecular flexibility index (Phi) is 4.95. The number of fused-ring (bicyclic) bond motifs is 3. The van der Waals surface area contributed by atoms with Gasteiger partial charge in [-0.2, -0.15) is 5.10 Å². The third-order valence-corrected chi connectivity index (χ3v) is 6.93. The lowest BCUT2D eigenvalue weighted by Crippen LogP contribution is -2.06. The van der Waals surface area contributed by atoms with E-state index in [0.29, 0.717) is 18.4 Å². The molecular weight excluding hydrogens is 440 g/mol. The number of nitrogens with zero attached hydrogens (tertiary/aromatic N) is 5. The molecule has 1 aliphatic carbocycles. The molecule has 0 spiro atoms. The zero-order valence-electron chi connectivity index (χ0n) is 21.1. The summed E-state index contributed by atoms with van der Waals surface area (Å²) in [5.74, 6) is 2.67. The molecule has 0 aliphatic heterocycles. The molecule has 1 aliphatic rings. The predicted octanol–water partition coefficient (Wildman–Crippen LogP) is 5.95. The molecule has 0 bridgehead atoms. The van der Waals surface area contributed by atoms with Crippen LogP contribution >= 0.6 is 0 Å². The van der Waals surface area contributed by atoms with Crippen LogP contribution in [0.5, 0.6) is 5.75 Å². The molecule has 8 heteroatoms. The van der Waals surface area contributed by atoms with Crippen molar-refractivity contribution in [1.29, 1.82) is 0 Å². The van der Waals surface area contributed by atoms with E-state index in [2.05, 4.69) is 46.9 Å². The topological polar surface area (TPSA) is 94.7 Å². The van der Waals surface area contributed by atoms with Crippen LogP contribution in [0.3, 0.4) is 0 Å². The van der Waals surface area contributed by atoms with Crippen LogP contribution in [0.2, 0.25) is 0 Å². The van der Waals surface area contributed by atoms with Crippen LogP contribution in [0, 0.1) is 20.8 Å². The van der Waals surface area contributed by atoms with Gasteiger partial charge in [-0.25, -0.2) is 9.97 Å². The Hall–Kier alpha value is -3.68. The highest BCUT2D eigenvalue weighted by molar-refractivity contribution is 6.09. The highest BCUT2D eigenvalue weighted by Crippen LogP contribution is 2.41. The summed E-state index contributed by atoms with van der Waals surface area (Å²) in [6.07, 6.45) is 3.09. The fourth-order valence-corrected chi connectivity index (χ4v) is 5.06. The molecule has 0 radical (unpaired) electrons. The standard InChI is InChI=1S/C27H30N6O2/c1-13(2)21-9-18(33(31-21)17-7-8-17)10-23-26-19-12-24(34-6)20(25-14(3)32-35-15(25)4)11-22(19)30-27(26)29-16(5)28-23/h9,11-13,17H,7-8,10H2,1-6H3,(H,28,29,30). The molecule has 35 heavy (non-hydrogen) atoms. The average molecular weight is 471 g/mol. The van der Waals surface area contributed by atoms with Crippen LogP contribution in [0.4, 0.5) is 0 Å². The first-order valence-corrected chi connectivity index (χ1v) is 12.2. The molecule has 4 aromatic heterocycles. The van der Waals surface area contributed by atoms with Crippen molar-refractivity contribution in [2.75, 3.05) is 7.11 Å². The Morgan fingerprint density at radius 2 is 1.94 bits per heavy atom. The van der Waals surface area contributed by atoms with E-state index < -0.39 is 0 Å². The monoisotopic (exact) mass is 470 g/mol. The first-order valence-electron chi connectivity index (χ1n) is 12.2. The first kappa shape index (κ1) is 21.8. The number of aryl methyl sites for hydroxylation is 3. The van der Waals surface area contributed by atoms with Crippen LogP contribution in [-0.2, 0) is 6.42 Å². The second kappa shape index (κ2) is 7.93. The molecule has 6 rings (SSSR count). The molecule has 0 amide bonds. The maximum Gasteiger partial charge on any atom is 0.142 e. The predicted molar refractivity (Wildman–Crippen MR) is 135 cm³/mol. The Labute approximate surface area is 203 Å². The third kappa shape index (κ3) is 3.59. The normalized spacial score (nSPS) is 14.0. The third-order valence-electron chi connectivity index (χ3n) is 6.93. The molecule has 1 fully saturated rings. The number of rotatable bonds is 6. The van der Waals surface area contributed by atoms with Gasteiger partial charge in [-0.3, -0.25) is 4.68 Å². The van der Waals surface area contributed by atoms with Gasteiger partial charge in [0, 0.05) is 34.0 Å². The SMILES string of the molecule is COc1cc2c(cc1-c1c(C)noc1C)[nH]c1nc(C)nc(Cc3cc(C(C)C)nn3C3CC3)c12. The van der Waals surface area contributed by atoms with Gasteiger partial charge in [-0.05, 0) is 57.7 Å². The molecule has 1 N–H and O–H groups in total. The van der Waals surface area contributed by atoms with E-state index in [1.54, 1.807) is 7.11 Å². The van der Waals surface area contributed by atoms with Gasteiger partial charge >= 0.3 is 0 Å². The van der Waals surface area contributed by atoms with Gasteiger partial charge in [-0.1, -0.05) is 19.0 Å². The van der Waals surface area contributed by atoms with Crippen molar-refractivity contribution in [2.24, 2.45) is 0 Å². The maximum atomic E-state index is 5.84. The summed E-state index contributed by atoms with van der Waals surface area (Å²) in [5, 5.41) is 11.1. The Bertz CT molecular complexity index is 1570. The van der Waals surface area contributed by atoms with E-state index in [1.807, 2.05) is 20.8 Å². The van der Waals surface area contributed by atoms with E-state index in [0.717, 1.165) is 67.5 Å². The molecule has 0 unspecified atom stereocenters. The highest BCUT2D eigenvalue weighted by atomic mass is 16.5. The molecule has 4 heterocycles. The van der Waals surface area contributed by atoms with Gasteiger partial charge in [0.2, 0.25) is 0 Å². The summed E-state index contributed by atoms with van der Waals surface area (Å²) in [6.45, 7) is 10.2. The molecule has 0 saturated heterocycles. The molecular formula is C27H30N6O2. The fraction of sp³-hybridized carbons (Fsp3) is 0.407. The summed E-state index contributed by atoms with van der Waals surface area (Å²) in [5.41, 5.74) is 7.91. The van der Waals surface area contributed by atoms with Crippen molar-refractivity contribution in [2.45, 2.75) is 65.8 Å². The number of H-pyrrole nitrogens is 1. The minimum atomic E-state index is 0.390. The maximum absolute atomic E-state index is 5.84. The second-order valence-electron chi connectivity index (χ2n) is 9.93. The van der Waals surface area contributed by atoms with E-state index in [4.69, 9.17) is 24.3 Å². The average Bonchev–Trinajstić information content (AvgIpc) is 3.34. The van der Waals surface area contributed by atoms with Crippen LogP contribution in [-0.4, -0.2) is 37.0 Å². The van der Waals surface area contributed by atoms with Crippen molar-refractivity contribution in [3.8, 4) is 16.9 Å². The molecule has 5 aromatic rings. The first-order chi connectivity index (χ1) is 16.8. The van der Waals surface area contributed by atoms with Crippen LogP contribution < -0.4 is 4.74 Å². The van der Waals surface area contributed by atoms with Crippen LogP contribution in [0.1, 0.15) is 73.0 Å². The fourth-order valence-electron chi connectivity index (χ4n) is 5.06. The van der Waals surface area contributed by atoms with Gasteiger partial charge in [0.15, 0.2) is 0 Å². The van der Waals surface area contributed by atoms with Gasteiger partial charge in [-0.15, -0.1) is 0 Å². The van der Waals surface area contributed by atoms with Crippen molar-refractivity contribution in [3.05, 3.63) is 52.6 Å². The zero-order valence-corrected chi connectivity index (χ0v) is 21.1. The van der Waals surface area contributed by atoms with Gasteiger partial charge < -0.3 is 14.2 Å². The van der Waals surface area contributed by atoms with Gasteiger partial charge in [0.25, 0.3) is 0 Å². The largest absolute Gasteiger partial charge is 0.496 e. The summed E-state index contributed by atoms with van der Waals surface area (Å²) < 4.78 is 13.5. The van der Waals surface area contributed by atoms with E-state index in [-0.39, 0.29) is 0 Å². The lowest BCUT2D eigenvalue weighted by Gasteiger charge is -2.10. The number of ether oxygens (including phenoxy) is 1. The number of benzene rings is 1. The van der Waals surface area contributed by atoms with Crippen molar-refractivity contribution >= 4 is 21.9 Å². The quantitative estimate of drug-likeness (QED) is 0.330. The molecule has 180 valence electrons. The Morgan fingerprint density at radius 3 is 2.60 bits per heavy atom. The lowest BCUT2D eigenvalue weighted by atomic mass is 10.00. The number of nitrogens with one attached hydrogen (secondary N) is 1. The summed E-state index contributed by atoms with van der Waals surface area (Å²) in [7, 11) is 1.70. The number of hydrogen-bond donors (Lipinski definition) is 1. The Balaban J connectivity index is 1.54. The summed E-state index contributed by atoms with van der Waals surface area (Å²) in [4.78, 5) is 13.2. The van der Waals surface area contributed by atoms with Gasteiger partial charge in [0.1, 0.15) is 23.0 Å². The molecule has 0 atom stereocenters. The summed E-state index contributed by atoms with van der Waals surface area (Å²) >= 11 is 0. The number of methoxy groups -OCH3 is 1. The number of hydrogen-bond acceptors (Lipinski definition) is 6. The number of aromatic nitrogens is 6. The lowest BCUT2D eigenvalue weighted by molar-refractivity contribution is 0.393. The zero-order chi connectivity index (χ0) is 24.4. The second-order valence-corrected chi connectivity index (χ2v) is 9.93. The molecule has 1 saturated carbocycles. The Morgan fingerprint density at radius 1 is 1.14 bits per heavy atom. The highest BCUT2D eigenvalue weighted by Gasteiger charge is 2.28. The molecule has 8 nitrogen and oxygen atoms in total. The van der Waals surface area contributed by atoms with E-state index in [9.17, 15) is 0 Å². The summed E-state index contributed by atoms with van der Waals surface area (Å²) in [6, 6.07) is 6.94.